The van der Waals surface area contributed by atoms with Gasteiger partial charge in [0, 0.05) is 28.6 Å². The van der Waals surface area contributed by atoms with Gasteiger partial charge in [-0.3, -0.25) is 4.79 Å². The molecule has 1 amide bonds. The molecule has 1 N–H and O–H groups in total. The summed E-state index contributed by atoms with van der Waals surface area (Å²) in [4.78, 5) is 13.4. The van der Waals surface area contributed by atoms with Gasteiger partial charge in [-0.2, -0.15) is 9.61 Å². The molecule has 36 heavy (non-hydrogen) atoms. The van der Waals surface area contributed by atoms with Crippen molar-refractivity contribution in [1.82, 2.24) is 19.8 Å². The fourth-order valence-corrected chi connectivity index (χ4v) is 4.90. The molecule has 0 saturated heterocycles. The van der Waals surface area contributed by atoms with E-state index in [4.69, 9.17) is 32.4 Å². The first-order valence-electron chi connectivity index (χ1n) is 10.9. The number of anilines is 1. The predicted molar refractivity (Wildman–Crippen MR) is 142 cm³/mol. The van der Waals surface area contributed by atoms with Crippen LogP contribution in [0.2, 0.25) is 10.0 Å². The minimum atomic E-state index is -0.348. The van der Waals surface area contributed by atoms with Crippen LogP contribution in [0, 0.1) is 0 Å². The number of ether oxygens (including phenoxy) is 1. The molecule has 182 valence electrons. The number of amides is 1. The first-order valence-corrected chi connectivity index (χ1v) is 12.5. The van der Waals surface area contributed by atoms with Crippen LogP contribution in [0.15, 0.2) is 59.0 Å². The Kier molecular flexibility index (Phi) is 6.77. The second kappa shape index (κ2) is 10.1. The van der Waals surface area contributed by atoms with Crippen molar-refractivity contribution < 1.29 is 13.9 Å². The number of benzene rings is 2. The van der Waals surface area contributed by atoms with E-state index in [2.05, 4.69) is 20.6 Å². The quantitative estimate of drug-likeness (QED) is 0.233. The molecule has 0 aliphatic heterocycles. The van der Waals surface area contributed by atoms with E-state index in [-0.39, 0.29) is 5.91 Å². The Morgan fingerprint density at radius 3 is 2.81 bits per heavy atom. The number of nitrogens with one attached hydrogen (secondary N) is 1. The Labute approximate surface area is 220 Å². The molecular weight excluding hydrogens is 521 g/mol. The standard InChI is InChI=1S/C25H19Cl2N5O3S/c1-3-22-29-30-25-32(22)31-24(36-25)14-4-9-21(34-2)19(12-14)28-23(33)11-7-16-6-10-20(35-16)17-8-5-15(26)13-18(17)27/h4-13H,3H2,1-2H3,(H,28,33)/b11-7+. The molecule has 11 heteroatoms. The lowest BCUT2D eigenvalue weighted by Gasteiger charge is -2.10. The van der Waals surface area contributed by atoms with Gasteiger partial charge < -0.3 is 14.5 Å². The number of hydrogen-bond donors (Lipinski definition) is 1. The van der Waals surface area contributed by atoms with Crippen molar-refractivity contribution in [3.05, 3.63) is 76.2 Å². The van der Waals surface area contributed by atoms with Gasteiger partial charge in [-0.1, -0.05) is 41.5 Å². The van der Waals surface area contributed by atoms with E-state index < -0.39 is 0 Å². The largest absolute Gasteiger partial charge is 0.495 e. The van der Waals surface area contributed by atoms with Crippen molar-refractivity contribution in [2.24, 2.45) is 0 Å². The smallest absolute Gasteiger partial charge is 0.248 e. The number of methoxy groups -OCH3 is 1. The van der Waals surface area contributed by atoms with Gasteiger partial charge in [0.1, 0.15) is 22.3 Å². The molecule has 5 aromatic rings. The predicted octanol–water partition coefficient (Wildman–Crippen LogP) is 6.64. The van der Waals surface area contributed by atoms with Crippen LogP contribution in [0.1, 0.15) is 18.5 Å². The number of carbonyl (C=O) groups excluding carboxylic acids is 1. The highest BCUT2D eigenvalue weighted by Crippen LogP contribution is 2.34. The normalized spacial score (nSPS) is 11.4. The number of halogens is 2. The van der Waals surface area contributed by atoms with E-state index in [1.165, 1.54) is 17.4 Å². The van der Waals surface area contributed by atoms with E-state index in [1.807, 2.05) is 19.1 Å². The molecule has 2 aromatic carbocycles. The molecule has 0 spiro atoms. The number of furan rings is 1. The maximum absolute atomic E-state index is 12.7. The van der Waals surface area contributed by atoms with Gasteiger partial charge in [-0.15, -0.1) is 10.2 Å². The van der Waals surface area contributed by atoms with E-state index in [9.17, 15) is 4.79 Å². The minimum absolute atomic E-state index is 0.348. The number of fused-ring (bicyclic) bond motifs is 1. The van der Waals surface area contributed by atoms with Crippen LogP contribution in [0.4, 0.5) is 5.69 Å². The monoisotopic (exact) mass is 539 g/mol. The van der Waals surface area contributed by atoms with E-state index >= 15 is 0 Å². The zero-order valence-corrected chi connectivity index (χ0v) is 21.5. The molecule has 5 rings (SSSR count). The van der Waals surface area contributed by atoms with Gasteiger partial charge in [0.05, 0.1) is 17.8 Å². The third-order valence-corrected chi connectivity index (χ3v) is 6.79. The Morgan fingerprint density at radius 1 is 1.17 bits per heavy atom. The number of rotatable bonds is 7. The Balaban J connectivity index is 1.34. The van der Waals surface area contributed by atoms with Crippen LogP contribution < -0.4 is 10.1 Å². The van der Waals surface area contributed by atoms with Crippen molar-refractivity contribution in [3.63, 3.8) is 0 Å². The summed E-state index contributed by atoms with van der Waals surface area (Å²) in [6.07, 6.45) is 3.69. The van der Waals surface area contributed by atoms with Gasteiger partial charge in [-0.25, -0.2) is 0 Å². The summed E-state index contributed by atoms with van der Waals surface area (Å²) in [5, 5.41) is 17.5. The molecule has 3 aromatic heterocycles. The number of nitrogens with zero attached hydrogens (tertiary/aromatic N) is 4. The SMILES string of the molecule is CCc1nnc2sc(-c3ccc(OC)c(NC(=O)/C=C/c4ccc(-c5ccc(Cl)cc5Cl)o4)c3)nn12. The third-order valence-electron chi connectivity index (χ3n) is 5.30. The van der Waals surface area contributed by atoms with Crippen LogP contribution >= 0.6 is 34.5 Å². The number of carbonyl (C=O) groups is 1. The molecule has 0 atom stereocenters. The average molecular weight is 540 g/mol. The molecule has 0 radical (unpaired) electrons. The molecule has 0 unspecified atom stereocenters. The molecule has 0 aliphatic rings. The third kappa shape index (κ3) is 4.86. The number of hydrogen-bond acceptors (Lipinski definition) is 7. The summed E-state index contributed by atoms with van der Waals surface area (Å²) < 4.78 is 13.0. The van der Waals surface area contributed by atoms with Crippen molar-refractivity contribution in [2.45, 2.75) is 13.3 Å². The summed E-state index contributed by atoms with van der Waals surface area (Å²) in [6.45, 7) is 2.00. The van der Waals surface area contributed by atoms with E-state index in [0.717, 1.165) is 22.8 Å². The zero-order valence-electron chi connectivity index (χ0n) is 19.2. The summed E-state index contributed by atoms with van der Waals surface area (Å²) in [6, 6.07) is 14.2. The highest BCUT2D eigenvalue weighted by Gasteiger charge is 2.15. The van der Waals surface area contributed by atoms with Gasteiger partial charge >= 0.3 is 0 Å². The summed E-state index contributed by atoms with van der Waals surface area (Å²) >= 11 is 13.6. The Bertz CT molecular complexity index is 1600. The lowest BCUT2D eigenvalue weighted by molar-refractivity contribution is -0.111. The topological polar surface area (TPSA) is 94.6 Å². The molecule has 8 nitrogen and oxygen atoms in total. The van der Waals surface area contributed by atoms with Crippen molar-refractivity contribution in [2.75, 3.05) is 12.4 Å². The highest BCUT2D eigenvalue weighted by molar-refractivity contribution is 7.19. The van der Waals surface area contributed by atoms with Crippen molar-refractivity contribution >= 4 is 57.2 Å². The number of aromatic nitrogens is 4. The first kappa shape index (κ1) is 24.1. The average Bonchev–Trinajstić information content (AvgIpc) is 3.59. The number of aryl methyl sites for hydroxylation is 1. The molecule has 0 saturated carbocycles. The summed E-state index contributed by atoms with van der Waals surface area (Å²) in [7, 11) is 1.55. The van der Waals surface area contributed by atoms with Gasteiger partial charge in [-0.05, 0) is 54.6 Å². The molecule has 3 heterocycles. The second-order valence-corrected chi connectivity index (χ2v) is 9.43. The van der Waals surface area contributed by atoms with Gasteiger partial charge in [0.25, 0.3) is 0 Å². The minimum Gasteiger partial charge on any atom is -0.495 e. The summed E-state index contributed by atoms with van der Waals surface area (Å²) in [5.74, 6) is 2.04. The Morgan fingerprint density at radius 2 is 2.03 bits per heavy atom. The second-order valence-electron chi connectivity index (χ2n) is 7.64. The van der Waals surface area contributed by atoms with Crippen LogP contribution in [0.25, 0.3) is 32.9 Å². The lowest BCUT2D eigenvalue weighted by Crippen LogP contribution is -2.09. The van der Waals surface area contributed by atoms with Gasteiger partial charge in [0.2, 0.25) is 10.9 Å². The highest BCUT2D eigenvalue weighted by atomic mass is 35.5. The molecule has 0 bridgehead atoms. The lowest BCUT2D eigenvalue weighted by atomic mass is 10.2. The Hall–Kier alpha value is -3.66. The maximum Gasteiger partial charge on any atom is 0.248 e. The van der Waals surface area contributed by atoms with Crippen molar-refractivity contribution in [1.29, 1.82) is 0 Å². The van der Waals surface area contributed by atoms with Crippen molar-refractivity contribution in [3.8, 4) is 27.6 Å². The van der Waals surface area contributed by atoms with Crippen LogP contribution in [-0.4, -0.2) is 32.8 Å². The van der Waals surface area contributed by atoms with E-state index in [1.54, 1.807) is 54.1 Å². The molecular formula is C25H19Cl2N5O3S. The fraction of sp³-hybridized carbons (Fsp3) is 0.120. The molecule has 0 aliphatic carbocycles. The van der Waals surface area contributed by atoms with Gasteiger partial charge in [0.15, 0.2) is 5.82 Å². The fourth-order valence-electron chi connectivity index (χ4n) is 3.54. The van der Waals surface area contributed by atoms with E-state index in [0.29, 0.717) is 43.5 Å². The summed E-state index contributed by atoms with van der Waals surface area (Å²) in [5.41, 5.74) is 2.05. The first-order chi connectivity index (χ1) is 17.4. The molecule has 0 fully saturated rings. The van der Waals surface area contributed by atoms with Crippen LogP contribution in [0.5, 0.6) is 5.75 Å². The maximum atomic E-state index is 12.7. The zero-order chi connectivity index (χ0) is 25.2. The van der Waals surface area contributed by atoms with Crippen LogP contribution in [-0.2, 0) is 11.2 Å². The van der Waals surface area contributed by atoms with Crippen LogP contribution in [0.3, 0.4) is 0 Å².